The minimum Gasteiger partial charge on any atom is -0.346 e. The first-order valence-electron chi connectivity index (χ1n) is 8.04. The third kappa shape index (κ3) is 3.87. The fourth-order valence-electron chi connectivity index (χ4n) is 2.48. The largest absolute Gasteiger partial charge is 0.346 e. The van der Waals surface area contributed by atoms with E-state index in [0.717, 1.165) is 37.9 Å². The molecule has 0 aliphatic heterocycles. The van der Waals surface area contributed by atoms with Gasteiger partial charge in [-0.3, -0.25) is 0 Å². The van der Waals surface area contributed by atoms with Crippen LogP contribution in [-0.2, 0) is 16.6 Å². The van der Waals surface area contributed by atoms with Gasteiger partial charge in [-0.25, -0.2) is 13.1 Å². The van der Waals surface area contributed by atoms with Crippen LogP contribution in [0.2, 0.25) is 0 Å². The minimum atomic E-state index is -3.36. The standard InChI is InChI=1S/C15H25N3O2S/c1-2-3-8-17-21(19,20)15-9-14(10-16-12-4-5-12)18(11-15)13-6-7-13/h9,11-13,16-17H,2-8,10H2,1H3. The first-order valence-corrected chi connectivity index (χ1v) is 9.52. The normalized spacial score (nSPS) is 19.1. The van der Waals surface area contributed by atoms with Crippen molar-refractivity contribution in [1.82, 2.24) is 14.6 Å². The number of aromatic nitrogens is 1. The lowest BCUT2D eigenvalue weighted by molar-refractivity contribution is 0.577. The Bertz CT molecular complexity index is 586. The Hall–Kier alpha value is -0.850. The molecule has 0 aromatic carbocycles. The molecule has 0 spiro atoms. The van der Waals surface area contributed by atoms with Crippen LogP contribution in [0.4, 0.5) is 0 Å². The maximum absolute atomic E-state index is 12.3. The maximum Gasteiger partial charge on any atom is 0.242 e. The van der Waals surface area contributed by atoms with Gasteiger partial charge in [0.2, 0.25) is 10.0 Å². The Morgan fingerprint density at radius 1 is 1.29 bits per heavy atom. The molecule has 0 bridgehead atoms. The first kappa shape index (κ1) is 15.1. The van der Waals surface area contributed by atoms with E-state index in [0.29, 0.717) is 23.5 Å². The van der Waals surface area contributed by atoms with Crippen LogP contribution in [0.1, 0.15) is 57.2 Å². The lowest BCUT2D eigenvalue weighted by Gasteiger charge is -2.07. The van der Waals surface area contributed by atoms with Gasteiger partial charge in [0.15, 0.2) is 0 Å². The molecule has 118 valence electrons. The molecule has 1 aromatic rings. The highest BCUT2D eigenvalue weighted by Crippen LogP contribution is 2.37. The lowest BCUT2D eigenvalue weighted by atomic mass is 10.3. The highest BCUT2D eigenvalue weighted by atomic mass is 32.2. The summed E-state index contributed by atoms with van der Waals surface area (Å²) in [6.07, 6.45) is 8.49. The third-order valence-corrected chi connectivity index (χ3v) is 5.56. The molecular weight excluding hydrogens is 286 g/mol. The van der Waals surface area contributed by atoms with Gasteiger partial charge in [-0.2, -0.15) is 0 Å². The summed E-state index contributed by atoms with van der Waals surface area (Å²) in [5, 5.41) is 3.48. The molecule has 0 saturated heterocycles. The Kier molecular flexibility index (Phi) is 4.38. The minimum absolute atomic E-state index is 0.415. The van der Waals surface area contributed by atoms with Crippen molar-refractivity contribution in [3.63, 3.8) is 0 Å². The number of nitrogens with one attached hydrogen (secondary N) is 2. The number of unbranched alkanes of at least 4 members (excludes halogenated alkanes) is 1. The summed E-state index contributed by atoms with van der Waals surface area (Å²) in [7, 11) is -3.36. The Labute approximate surface area is 127 Å². The van der Waals surface area contributed by atoms with Crippen molar-refractivity contribution in [2.24, 2.45) is 0 Å². The van der Waals surface area contributed by atoms with E-state index in [1.807, 2.05) is 12.3 Å². The summed E-state index contributed by atoms with van der Waals surface area (Å²) in [6, 6.07) is 2.97. The zero-order chi connectivity index (χ0) is 14.9. The fourth-order valence-corrected chi connectivity index (χ4v) is 3.60. The molecule has 0 radical (unpaired) electrons. The highest BCUT2D eigenvalue weighted by Gasteiger charge is 2.29. The van der Waals surface area contributed by atoms with Crippen LogP contribution in [-0.4, -0.2) is 25.6 Å². The van der Waals surface area contributed by atoms with E-state index in [1.165, 1.54) is 12.8 Å². The molecule has 6 heteroatoms. The van der Waals surface area contributed by atoms with Gasteiger partial charge in [0, 0.05) is 37.1 Å². The van der Waals surface area contributed by atoms with Crippen molar-refractivity contribution in [1.29, 1.82) is 0 Å². The Morgan fingerprint density at radius 2 is 2.05 bits per heavy atom. The zero-order valence-electron chi connectivity index (χ0n) is 12.6. The van der Waals surface area contributed by atoms with E-state index in [-0.39, 0.29) is 0 Å². The average molecular weight is 311 g/mol. The van der Waals surface area contributed by atoms with Gasteiger partial charge in [0.1, 0.15) is 0 Å². The number of hydrogen-bond acceptors (Lipinski definition) is 3. The Balaban J connectivity index is 1.73. The molecule has 2 aliphatic carbocycles. The number of sulfonamides is 1. The second kappa shape index (κ2) is 6.10. The van der Waals surface area contributed by atoms with Gasteiger partial charge in [-0.05, 0) is 38.2 Å². The van der Waals surface area contributed by atoms with Crippen LogP contribution in [0.25, 0.3) is 0 Å². The van der Waals surface area contributed by atoms with Crippen molar-refractivity contribution in [3.8, 4) is 0 Å². The van der Waals surface area contributed by atoms with Crippen LogP contribution in [0, 0.1) is 0 Å². The van der Waals surface area contributed by atoms with Gasteiger partial charge >= 0.3 is 0 Å². The van der Waals surface area contributed by atoms with E-state index in [1.54, 1.807) is 0 Å². The zero-order valence-corrected chi connectivity index (χ0v) is 13.5. The van der Waals surface area contributed by atoms with Gasteiger partial charge in [0.25, 0.3) is 0 Å². The van der Waals surface area contributed by atoms with E-state index in [4.69, 9.17) is 0 Å². The molecule has 0 amide bonds. The number of hydrogen-bond donors (Lipinski definition) is 2. The van der Waals surface area contributed by atoms with Gasteiger partial charge < -0.3 is 9.88 Å². The second-order valence-electron chi connectivity index (χ2n) is 6.21. The van der Waals surface area contributed by atoms with Gasteiger partial charge in [0.05, 0.1) is 4.90 Å². The molecule has 1 heterocycles. The molecule has 0 atom stereocenters. The van der Waals surface area contributed by atoms with E-state index < -0.39 is 10.0 Å². The smallest absolute Gasteiger partial charge is 0.242 e. The highest BCUT2D eigenvalue weighted by molar-refractivity contribution is 7.89. The predicted molar refractivity (Wildman–Crippen MR) is 82.7 cm³/mol. The molecular formula is C15H25N3O2S. The first-order chi connectivity index (χ1) is 10.1. The van der Waals surface area contributed by atoms with Crippen LogP contribution in [0.3, 0.4) is 0 Å². The van der Waals surface area contributed by atoms with Gasteiger partial charge in [-0.1, -0.05) is 13.3 Å². The van der Waals surface area contributed by atoms with E-state index in [9.17, 15) is 8.42 Å². The van der Waals surface area contributed by atoms with E-state index >= 15 is 0 Å². The topological polar surface area (TPSA) is 63.1 Å². The summed E-state index contributed by atoms with van der Waals surface area (Å²) in [6.45, 7) is 3.34. The molecule has 2 fully saturated rings. The van der Waals surface area contributed by atoms with Crippen LogP contribution < -0.4 is 10.0 Å². The van der Waals surface area contributed by atoms with Crippen LogP contribution >= 0.6 is 0 Å². The SMILES string of the molecule is CCCCNS(=O)(=O)c1cc(CNC2CC2)n(C2CC2)c1. The third-order valence-electron chi connectivity index (χ3n) is 4.13. The van der Waals surface area contributed by atoms with Crippen molar-refractivity contribution in [2.75, 3.05) is 6.54 Å². The van der Waals surface area contributed by atoms with Crippen LogP contribution in [0.15, 0.2) is 17.2 Å². The van der Waals surface area contributed by atoms with Crippen molar-refractivity contribution in [2.45, 2.75) is 69.0 Å². The quantitative estimate of drug-likeness (QED) is 0.687. The average Bonchev–Trinajstić information content (AvgIpc) is 3.36. The molecule has 2 aliphatic rings. The van der Waals surface area contributed by atoms with Crippen LogP contribution in [0.5, 0.6) is 0 Å². The molecule has 3 rings (SSSR count). The summed E-state index contributed by atoms with van der Waals surface area (Å²) in [5.41, 5.74) is 1.10. The Morgan fingerprint density at radius 3 is 2.67 bits per heavy atom. The second-order valence-corrected chi connectivity index (χ2v) is 7.98. The van der Waals surface area contributed by atoms with Crippen molar-refractivity contribution < 1.29 is 8.42 Å². The number of rotatable bonds is 9. The molecule has 0 unspecified atom stereocenters. The van der Waals surface area contributed by atoms with Crippen molar-refractivity contribution >= 4 is 10.0 Å². The number of nitrogens with zero attached hydrogens (tertiary/aromatic N) is 1. The lowest BCUT2D eigenvalue weighted by Crippen LogP contribution is -2.24. The van der Waals surface area contributed by atoms with E-state index in [2.05, 4.69) is 21.5 Å². The molecule has 1 aromatic heterocycles. The molecule has 21 heavy (non-hydrogen) atoms. The molecule has 2 N–H and O–H groups in total. The monoisotopic (exact) mass is 311 g/mol. The predicted octanol–water partition coefficient (Wildman–Crippen LogP) is 2.15. The molecule has 5 nitrogen and oxygen atoms in total. The molecule has 2 saturated carbocycles. The maximum atomic E-state index is 12.3. The fraction of sp³-hybridized carbons (Fsp3) is 0.733. The summed E-state index contributed by atoms with van der Waals surface area (Å²) >= 11 is 0. The van der Waals surface area contributed by atoms with Crippen molar-refractivity contribution in [3.05, 3.63) is 18.0 Å². The summed E-state index contributed by atoms with van der Waals surface area (Å²) in [5.74, 6) is 0. The summed E-state index contributed by atoms with van der Waals surface area (Å²) in [4.78, 5) is 0.415. The summed E-state index contributed by atoms with van der Waals surface area (Å²) < 4.78 is 29.5. The van der Waals surface area contributed by atoms with Gasteiger partial charge in [-0.15, -0.1) is 0 Å².